The van der Waals surface area contributed by atoms with Gasteiger partial charge in [-0.1, -0.05) is 38.8 Å². The molecule has 0 N–H and O–H groups in total. The number of carbonyl (C=O) groups excluding carboxylic acids is 1. The normalized spacial score (nSPS) is 14.2. The van der Waals surface area contributed by atoms with Gasteiger partial charge in [0.2, 0.25) is 5.91 Å². The summed E-state index contributed by atoms with van der Waals surface area (Å²) >= 11 is 0. The van der Waals surface area contributed by atoms with E-state index in [0.29, 0.717) is 36.3 Å². The molecule has 1 aliphatic carbocycles. The smallest absolute Gasteiger partial charge is 0.266 e. The zero-order valence-corrected chi connectivity index (χ0v) is 20.5. The highest BCUT2D eigenvalue weighted by molar-refractivity contribution is 5.82. The number of para-hydroxylation sites is 1. The number of unbranched alkanes of at least 4 members (excludes halogenated alkanes) is 2. The Morgan fingerprint density at radius 2 is 1.82 bits per heavy atom. The van der Waals surface area contributed by atoms with Crippen molar-refractivity contribution in [3.63, 3.8) is 0 Å². The van der Waals surface area contributed by atoms with Crippen LogP contribution >= 0.6 is 0 Å². The lowest BCUT2D eigenvalue weighted by Crippen LogP contribution is -2.40. The van der Waals surface area contributed by atoms with Crippen molar-refractivity contribution in [3.8, 4) is 11.4 Å². The van der Waals surface area contributed by atoms with Crippen LogP contribution in [-0.4, -0.2) is 33.5 Å². The first kappa shape index (κ1) is 24.0. The first-order chi connectivity index (χ1) is 16.6. The molecule has 1 aliphatic rings. The molecular weight excluding hydrogens is 426 g/mol. The summed E-state index contributed by atoms with van der Waals surface area (Å²) in [6, 6.07) is 14.7. The van der Waals surface area contributed by atoms with Gasteiger partial charge in [-0.15, -0.1) is 0 Å². The number of rotatable bonds is 11. The number of benzene rings is 2. The van der Waals surface area contributed by atoms with E-state index in [1.165, 1.54) is 0 Å². The second-order valence-corrected chi connectivity index (χ2v) is 8.99. The molecule has 1 saturated carbocycles. The van der Waals surface area contributed by atoms with Crippen LogP contribution in [-0.2, 0) is 4.79 Å². The van der Waals surface area contributed by atoms with Crippen molar-refractivity contribution in [2.45, 2.75) is 65.3 Å². The van der Waals surface area contributed by atoms with Gasteiger partial charge in [0.25, 0.3) is 5.56 Å². The molecule has 0 aliphatic heterocycles. The van der Waals surface area contributed by atoms with Gasteiger partial charge in [-0.25, -0.2) is 4.98 Å². The monoisotopic (exact) mass is 461 g/mol. The van der Waals surface area contributed by atoms with E-state index in [1.54, 1.807) is 4.57 Å². The van der Waals surface area contributed by atoms with Crippen LogP contribution in [0.3, 0.4) is 0 Å². The number of nitrogens with zero attached hydrogens (tertiary/aromatic N) is 3. The lowest BCUT2D eigenvalue weighted by Gasteiger charge is -2.32. The Morgan fingerprint density at radius 3 is 2.47 bits per heavy atom. The molecule has 1 fully saturated rings. The van der Waals surface area contributed by atoms with Crippen molar-refractivity contribution in [2.75, 3.05) is 13.2 Å². The number of aromatic nitrogens is 2. The fourth-order valence-electron chi connectivity index (χ4n) is 4.54. The summed E-state index contributed by atoms with van der Waals surface area (Å²) in [5, 5.41) is 0.570. The molecule has 6 heteroatoms. The average molecular weight is 462 g/mol. The third-order valence-electron chi connectivity index (χ3n) is 6.48. The molecule has 34 heavy (non-hydrogen) atoms. The fourth-order valence-corrected chi connectivity index (χ4v) is 4.54. The van der Waals surface area contributed by atoms with Gasteiger partial charge in [0, 0.05) is 12.5 Å². The third-order valence-corrected chi connectivity index (χ3v) is 6.48. The van der Waals surface area contributed by atoms with E-state index < -0.39 is 0 Å². The predicted octanol–water partition coefficient (Wildman–Crippen LogP) is 5.66. The van der Waals surface area contributed by atoms with Crippen LogP contribution in [0.15, 0.2) is 53.3 Å². The van der Waals surface area contributed by atoms with Crippen molar-refractivity contribution in [3.05, 3.63) is 64.7 Å². The van der Waals surface area contributed by atoms with E-state index in [-0.39, 0.29) is 23.4 Å². The first-order valence-corrected chi connectivity index (χ1v) is 12.6. The molecular formula is C28H35N3O3. The van der Waals surface area contributed by atoms with E-state index in [9.17, 15) is 9.59 Å². The van der Waals surface area contributed by atoms with Gasteiger partial charge >= 0.3 is 0 Å². The quantitative estimate of drug-likeness (QED) is 0.345. The van der Waals surface area contributed by atoms with E-state index >= 15 is 0 Å². The summed E-state index contributed by atoms with van der Waals surface area (Å²) in [7, 11) is 0. The molecule has 0 bridgehead atoms. The minimum Gasteiger partial charge on any atom is -0.494 e. The van der Waals surface area contributed by atoms with Gasteiger partial charge in [0.15, 0.2) is 0 Å². The van der Waals surface area contributed by atoms with Gasteiger partial charge in [-0.3, -0.25) is 14.2 Å². The highest BCUT2D eigenvalue weighted by atomic mass is 16.5. The van der Waals surface area contributed by atoms with Crippen LogP contribution < -0.4 is 10.3 Å². The lowest BCUT2D eigenvalue weighted by atomic mass is 10.1. The van der Waals surface area contributed by atoms with Crippen molar-refractivity contribution >= 4 is 16.8 Å². The molecule has 1 amide bonds. The number of hydrogen-bond acceptors (Lipinski definition) is 4. The molecule has 2 aromatic carbocycles. The maximum Gasteiger partial charge on any atom is 0.266 e. The van der Waals surface area contributed by atoms with Crippen molar-refractivity contribution in [1.29, 1.82) is 0 Å². The molecule has 1 unspecified atom stereocenters. The van der Waals surface area contributed by atoms with Gasteiger partial charge < -0.3 is 9.64 Å². The molecule has 0 spiro atoms. The topological polar surface area (TPSA) is 64.4 Å². The molecule has 0 radical (unpaired) electrons. The molecule has 1 heterocycles. The Balaban J connectivity index is 1.86. The molecule has 1 atom stereocenters. The average Bonchev–Trinajstić information content (AvgIpc) is 3.70. The second kappa shape index (κ2) is 10.9. The molecule has 4 rings (SSSR count). The Hall–Kier alpha value is -3.15. The second-order valence-electron chi connectivity index (χ2n) is 8.99. The van der Waals surface area contributed by atoms with Crippen LogP contribution in [0.2, 0.25) is 0 Å². The van der Waals surface area contributed by atoms with E-state index in [2.05, 4.69) is 13.8 Å². The van der Waals surface area contributed by atoms with Crippen molar-refractivity contribution < 1.29 is 9.53 Å². The Morgan fingerprint density at radius 1 is 1.09 bits per heavy atom. The summed E-state index contributed by atoms with van der Waals surface area (Å²) in [5.41, 5.74) is 1.28. The molecule has 3 aromatic rings. The molecule has 180 valence electrons. The van der Waals surface area contributed by atoms with Gasteiger partial charge in [-0.2, -0.15) is 0 Å². The number of ether oxygens (including phenoxy) is 1. The maximum atomic E-state index is 13.8. The Bertz CT molecular complexity index is 1180. The van der Waals surface area contributed by atoms with Crippen molar-refractivity contribution in [1.82, 2.24) is 14.5 Å². The summed E-state index contributed by atoms with van der Waals surface area (Å²) in [4.78, 5) is 34.1. The first-order valence-electron chi connectivity index (χ1n) is 12.6. The van der Waals surface area contributed by atoms with Crippen LogP contribution in [0.5, 0.6) is 5.75 Å². The van der Waals surface area contributed by atoms with Crippen LogP contribution in [0.4, 0.5) is 0 Å². The standard InChI is InChI=1S/C28H35N3O3/c1-4-7-10-19-30(27(32)20-13-14-20)25(5-2)26-29-24-12-9-8-11-23(24)28(33)31(26)21-15-17-22(18-16-21)34-6-3/h8-9,11-12,15-18,20,25H,4-7,10,13-14,19H2,1-3H3. The van der Waals surface area contributed by atoms with E-state index in [1.807, 2.05) is 60.4 Å². The number of carbonyl (C=O) groups is 1. The Labute approximate surface area is 201 Å². The van der Waals surface area contributed by atoms with Gasteiger partial charge in [0.05, 0.1) is 29.2 Å². The zero-order chi connectivity index (χ0) is 24.1. The number of fused-ring (bicyclic) bond motifs is 1. The molecule has 6 nitrogen and oxygen atoms in total. The van der Waals surface area contributed by atoms with Crippen LogP contribution in [0, 0.1) is 5.92 Å². The van der Waals surface area contributed by atoms with Crippen LogP contribution in [0.1, 0.15) is 71.2 Å². The van der Waals surface area contributed by atoms with E-state index in [0.717, 1.165) is 43.5 Å². The molecule has 0 saturated heterocycles. The minimum absolute atomic E-state index is 0.113. The summed E-state index contributed by atoms with van der Waals surface area (Å²) in [6.45, 7) is 7.45. The highest BCUT2D eigenvalue weighted by Gasteiger charge is 2.37. The van der Waals surface area contributed by atoms with Crippen LogP contribution in [0.25, 0.3) is 16.6 Å². The van der Waals surface area contributed by atoms with E-state index in [4.69, 9.17) is 9.72 Å². The summed E-state index contributed by atoms with van der Waals surface area (Å²) < 4.78 is 7.29. The lowest BCUT2D eigenvalue weighted by molar-refractivity contribution is -0.135. The molecule has 1 aromatic heterocycles. The largest absolute Gasteiger partial charge is 0.494 e. The summed E-state index contributed by atoms with van der Waals surface area (Å²) in [5.74, 6) is 1.69. The minimum atomic E-state index is -0.270. The fraction of sp³-hybridized carbons (Fsp3) is 0.464. The van der Waals surface area contributed by atoms with Gasteiger partial charge in [0.1, 0.15) is 11.6 Å². The number of hydrogen-bond donors (Lipinski definition) is 0. The Kier molecular flexibility index (Phi) is 7.66. The summed E-state index contributed by atoms with van der Waals surface area (Å²) in [6.07, 6.45) is 5.71. The zero-order valence-electron chi connectivity index (χ0n) is 20.5. The maximum absolute atomic E-state index is 13.8. The highest BCUT2D eigenvalue weighted by Crippen LogP contribution is 2.35. The SMILES string of the molecule is CCCCCN(C(=O)C1CC1)C(CC)c1nc2ccccc2c(=O)n1-c1ccc(OCC)cc1. The predicted molar refractivity (Wildman–Crippen MR) is 136 cm³/mol. The van der Waals surface area contributed by atoms with Gasteiger partial charge in [-0.05, 0) is 69.0 Å². The number of amides is 1. The third kappa shape index (κ3) is 5.01. The van der Waals surface area contributed by atoms with Crippen molar-refractivity contribution in [2.24, 2.45) is 5.92 Å².